The van der Waals surface area contributed by atoms with E-state index in [0.717, 1.165) is 23.7 Å². The maximum atomic E-state index is 10.7. The maximum absolute atomic E-state index is 10.7. The average Bonchev–Trinajstić information content (AvgIpc) is 2.67. The van der Waals surface area contributed by atoms with Crippen LogP contribution in [-0.4, -0.2) is 24.4 Å². The molecule has 0 aromatic heterocycles. The van der Waals surface area contributed by atoms with Crippen molar-refractivity contribution < 1.29 is 5.11 Å². The van der Waals surface area contributed by atoms with Crippen molar-refractivity contribution in [1.29, 1.82) is 0 Å². The van der Waals surface area contributed by atoms with Crippen LogP contribution in [0.3, 0.4) is 0 Å². The molecule has 25 heavy (non-hydrogen) atoms. The van der Waals surface area contributed by atoms with Crippen molar-refractivity contribution in [3.63, 3.8) is 0 Å². The van der Waals surface area contributed by atoms with Gasteiger partial charge in [-0.25, -0.2) is 0 Å². The van der Waals surface area contributed by atoms with E-state index in [9.17, 15) is 5.11 Å². The van der Waals surface area contributed by atoms with Crippen LogP contribution in [0.1, 0.15) is 44.6 Å². The zero-order valence-corrected chi connectivity index (χ0v) is 15.9. The number of benzene rings is 2. The summed E-state index contributed by atoms with van der Waals surface area (Å²) in [6.07, 6.45) is 7.72. The molecule has 1 unspecified atom stereocenters. The molecule has 0 spiro atoms. The molecule has 1 aliphatic carbocycles. The molecular weight excluding hydrogens is 322 g/mol. The number of hydrogen-bond donors (Lipinski definition) is 1. The van der Waals surface area contributed by atoms with Gasteiger partial charge in [0.2, 0.25) is 0 Å². The molecule has 2 aromatic rings. The predicted octanol–water partition coefficient (Wildman–Crippen LogP) is 5.17. The largest absolute Gasteiger partial charge is 0.385 e. The van der Waals surface area contributed by atoms with Crippen molar-refractivity contribution in [2.75, 3.05) is 0 Å². The predicted molar refractivity (Wildman–Crippen MR) is 112 cm³/mol. The number of aliphatic hydroxyl groups excluding tert-OH is 1. The topological polar surface area (TPSA) is 20.2 Å². The van der Waals surface area contributed by atoms with Crippen molar-refractivity contribution in [1.82, 2.24) is 0 Å². The Morgan fingerprint density at radius 3 is 2.12 bits per heavy atom. The number of aliphatic hydroxyl groups is 1. The van der Waals surface area contributed by atoms with E-state index in [0.29, 0.717) is 5.66 Å². The van der Waals surface area contributed by atoms with Gasteiger partial charge in [-0.1, -0.05) is 55.0 Å². The van der Waals surface area contributed by atoms with Gasteiger partial charge < -0.3 is 5.11 Å². The summed E-state index contributed by atoms with van der Waals surface area (Å²) in [5.74, 6) is 0. The Hall–Kier alpha value is -1.37. The smallest absolute Gasteiger partial charge is 0.104 e. The molecule has 2 aromatic carbocycles. The molecular formula is C22H27BOP. The molecule has 1 saturated carbocycles. The zero-order valence-electron chi connectivity index (χ0n) is 15.0. The van der Waals surface area contributed by atoms with Crippen molar-refractivity contribution >= 4 is 26.1 Å². The molecule has 3 radical (unpaired) electrons. The van der Waals surface area contributed by atoms with Gasteiger partial charge in [-0.3, -0.25) is 7.57 Å². The lowest BCUT2D eigenvalue weighted by Gasteiger charge is -2.47. The van der Waals surface area contributed by atoms with Gasteiger partial charge in [0.1, 0.15) is 6.10 Å². The first-order chi connectivity index (χ1) is 12.1. The van der Waals surface area contributed by atoms with Gasteiger partial charge in [-0.2, -0.15) is 7.14 Å². The summed E-state index contributed by atoms with van der Waals surface area (Å²) in [6.45, 7) is 1.86. The van der Waals surface area contributed by atoms with E-state index >= 15 is 0 Å². The third-order valence-electron chi connectivity index (χ3n) is 5.30. The second-order valence-corrected chi connectivity index (χ2v) is 10.4. The van der Waals surface area contributed by atoms with Crippen LogP contribution in [0.4, 0.5) is 0 Å². The lowest BCUT2D eigenvalue weighted by atomic mass is 10.0. The fourth-order valence-corrected chi connectivity index (χ4v) is 7.96. The molecule has 0 bridgehead atoms. The van der Waals surface area contributed by atoms with Crippen LogP contribution in [0.5, 0.6) is 0 Å². The van der Waals surface area contributed by atoms with Gasteiger partial charge in [-0.15, -0.1) is 0 Å². The van der Waals surface area contributed by atoms with Crippen molar-refractivity contribution in [2.45, 2.75) is 50.8 Å². The molecule has 2 atom stereocenters. The van der Waals surface area contributed by atoms with E-state index in [1.165, 1.54) is 24.6 Å². The van der Waals surface area contributed by atoms with Crippen LogP contribution < -0.4 is 5.30 Å². The Bertz CT molecular complexity index is 692. The lowest BCUT2D eigenvalue weighted by molar-refractivity contribution is 0.240. The highest BCUT2D eigenvalue weighted by atomic mass is 31.2. The first-order valence-electron chi connectivity index (χ1n) is 9.30. The van der Waals surface area contributed by atoms with E-state index in [4.69, 9.17) is 7.57 Å². The lowest BCUT2D eigenvalue weighted by Crippen LogP contribution is -2.29. The summed E-state index contributed by atoms with van der Waals surface area (Å²) in [4.78, 5) is 0. The molecule has 1 fully saturated rings. The minimum Gasteiger partial charge on any atom is -0.385 e. The van der Waals surface area contributed by atoms with Crippen molar-refractivity contribution in [3.05, 3.63) is 71.5 Å². The van der Waals surface area contributed by atoms with Gasteiger partial charge >= 0.3 is 0 Å². The highest BCUT2D eigenvalue weighted by Gasteiger charge is 2.38. The Morgan fingerprint density at radius 2 is 1.56 bits per heavy atom. The Morgan fingerprint density at radius 1 is 1.00 bits per heavy atom. The quantitative estimate of drug-likeness (QED) is 0.583. The number of rotatable bonds is 5. The normalized spacial score (nSPS) is 20.0. The van der Waals surface area contributed by atoms with Crippen LogP contribution in [-0.2, 0) is 0 Å². The summed E-state index contributed by atoms with van der Waals surface area (Å²) in [7, 11) is 5.15. The molecule has 3 heteroatoms. The third kappa shape index (κ3) is 4.07. The van der Waals surface area contributed by atoms with Crippen LogP contribution in [0.15, 0.2) is 66.0 Å². The van der Waals surface area contributed by atoms with E-state index in [-0.39, 0.29) is 0 Å². The summed E-state index contributed by atoms with van der Waals surface area (Å²) in [5.41, 5.74) is 1.58. The molecule has 3 rings (SSSR count). The molecule has 0 amide bonds. The second kappa shape index (κ2) is 8.34. The van der Waals surface area contributed by atoms with Gasteiger partial charge in [0, 0.05) is 11.0 Å². The SMILES string of the molecule is [B-][P+](/C(=C\c1ccccc1)[C@H](C)O)(c1ccccc1)C1CCCCC1. The minimum atomic E-state index is -2.12. The first-order valence-corrected chi connectivity index (χ1v) is 11.2. The average molecular weight is 349 g/mol. The third-order valence-corrected chi connectivity index (χ3v) is 9.48. The Balaban J connectivity index is 2.12. The molecule has 0 saturated heterocycles. The molecule has 0 heterocycles. The molecule has 1 N–H and O–H groups in total. The van der Waals surface area contributed by atoms with Crippen molar-refractivity contribution in [2.24, 2.45) is 0 Å². The van der Waals surface area contributed by atoms with E-state index < -0.39 is 13.2 Å². The van der Waals surface area contributed by atoms with Crippen LogP contribution in [0, 0.1) is 0 Å². The van der Waals surface area contributed by atoms with Gasteiger partial charge in [-0.05, 0) is 56.4 Å². The highest BCUT2D eigenvalue weighted by molar-refractivity contribution is 8.06. The monoisotopic (exact) mass is 349 g/mol. The van der Waals surface area contributed by atoms with Crippen LogP contribution in [0.2, 0.25) is 0 Å². The molecule has 129 valence electrons. The van der Waals surface area contributed by atoms with Crippen LogP contribution >= 0.6 is 7.14 Å². The summed E-state index contributed by atoms with van der Waals surface area (Å²) < 4.78 is 0. The zero-order chi connectivity index (χ0) is 17.7. The van der Waals surface area contributed by atoms with Gasteiger partial charge in [0.15, 0.2) is 0 Å². The van der Waals surface area contributed by atoms with Gasteiger partial charge in [0.25, 0.3) is 0 Å². The maximum Gasteiger partial charge on any atom is 0.104 e. The summed E-state index contributed by atoms with van der Waals surface area (Å²) in [6, 6.07) is 20.7. The Labute approximate surface area is 153 Å². The summed E-state index contributed by atoms with van der Waals surface area (Å²) >= 11 is 0. The van der Waals surface area contributed by atoms with E-state index in [1.807, 2.05) is 31.2 Å². The highest BCUT2D eigenvalue weighted by Crippen LogP contribution is 2.68. The standard InChI is InChI=1S/C22H27BOP/c1-18(24)22(17-19-11-5-2-6-12-19)25(23,20-13-7-3-8-14-20)21-15-9-4-10-16-21/h2-3,5-8,11-14,17-18,21,24H,4,9-10,15-16H2,1H3/b22-17-/t18-,25?/m0/s1. The Kier molecular flexibility index (Phi) is 6.15. The van der Waals surface area contributed by atoms with Crippen molar-refractivity contribution in [3.8, 4) is 0 Å². The molecule has 0 aliphatic heterocycles. The molecule has 1 aliphatic rings. The second-order valence-electron chi connectivity index (χ2n) is 7.06. The van der Waals surface area contributed by atoms with E-state index in [1.54, 1.807) is 0 Å². The first kappa shape index (κ1) is 18.4. The van der Waals surface area contributed by atoms with Crippen LogP contribution in [0.25, 0.3) is 6.08 Å². The van der Waals surface area contributed by atoms with Gasteiger partial charge in [0.05, 0.1) is 5.31 Å². The fraction of sp³-hybridized carbons (Fsp3) is 0.364. The summed E-state index contributed by atoms with van der Waals surface area (Å²) in [5, 5.41) is 12.9. The molecule has 1 nitrogen and oxygen atoms in total. The minimum absolute atomic E-state index is 0.466. The number of hydrogen-bond acceptors (Lipinski definition) is 1. The fourth-order valence-electron chi connectivity index (χ4n) is 3.99. The van der Waals surface area contributed by atoms with E-state index in [2.05, 4.69) is 42.5 Å².